The van der Waals surface area contributed by atoms with Crippen LogP contribution in [0.15, 0.2) is 48.5 Å². The van der Waals surface area contributed by atoms with Crippen LogP contribution < -0.4 is 0 Å². The number of aliphatic carboxylic acids is 1. The Balaban J connectivity index is 1.47. The van der Waals surface area contributed by atoms with Crippen molar-refractivity contribution >= 4 is 12.1 Å². The first-order valence-electron chi connectivity index (χ1n) is 11.1. The third-order valence-corrected chi connectivity index (χ3v) is 6.24. The molecule has 0 radical (unpaired) electrons. The fourth-order valence-corrected chi connectivity index (χ4v) is 4.35. The second-order valence-corrected chi connectivity index (χ2v) is 8.24. The van der Waals surface area contributed by atoms with E-state index in [1.807, 2.05) is 31.2 Å². The van der Waals surface area contributed by atoms with Crippen LogP contribution in [0.25, 0.3) is 11.1 Å². The van der Waals surface area contributed by atoms with E-state index >= 15 is 0 Å². The lowest BCUT2D eigenvalue weighted by molar-refractivity contribution is -0.147. The fraction of sp³-hybridized carbons (Fsp3) is 0.440. The van der Waals surface area contributed by atoms with E-state index in [9.17, 15) is 14.7 Å². The van der Waals surface area contributed by atoms with E-state index in [1.165, 1.54) is 4.90 Å². The Bertz CT molecular complexity index is 894. The van der Waals surface area contributed by atoms with Crippen LogP contribution in [0.2, 0.25) is 0 Å². The number of carboxylic acids is 1. The van der Waals surface area contributed by atoms with Gasteiger partial charge in [0.15, 0.2) is 6.04 Å². The molecule has 6 nitrogen and oxygen atoms in total. The minimum atomic E-state index is -1.07. The van der Waals surface area contributed by atoms with Gasteiger partial charge in [-0.2, -0.15) is 0 Å². The molecule has 0 saturated heterocycles. The van der Waals surface area contributed by atoms with Crippen LogP contribution >= 0.6 is 0 Å². The minimum Gasteiger partial charge on any atom is -0.480 e. The molecule has 0 aromatic heterocycles. The van der Waals surface area contributed by atoms with Gasteiger partial charge in [0, 0.05) is 12.5 Å². The highest BCUT2D eigenvalue weighted by molar-refractivity contribution is 5.81. The van der Waals surface area contributed by atoms with E-state index in [1.54, 1.807) is 0 Å². The number of hydrogen-bond acceptors (Lipinski definition) is 4. The second kappa shape index (κ2) is 9.52. The van der Waals surface area contributed by atoms with Crippen LogP contribution in [0.5, 0.6) is 0 Å². The first-order valence-corrected chi connectivity index (χ1v) is 11.1. The number of fused-ring (bicyclic) bond motifs is 3. The standard InChI is InChI=1S/C25H29NO5/c1-2-14-26(23(24(27)28)16-30-17-8-7-9-17)25(29)31-15-22-20-12-5-3-10-18(20)19-11-4-6-13-21(19)22/h3-6,10-13,17,22-23H,2,7-9,14-16H2,1H3,(H,27,28). The lowest BCUT2D eigenvalue weighted by Crippen LogP contribution is -2.49. The molecule has 4 rings (SSSR count). The summed E-state index contributed by atoms with van der Waals surface area (Å²) in [5.74, 6) is -1.13. The monoisotopic (exact) mass is 423 g/mol. The molecule has 2 aliphatic carbocycles. The largest absolute Gasteiger partial charge is 0.480 e. The maximum Gasteiger partial charge on any atom is 0.410 e. The van der Waals surface area contributed by atoms with Crippen molar-refractivity contribution in [1.82, 2.24) is 4.90 Å². The number of hydrogen-bond donors (Lipinski definition) is 1. The summed E-state index contributed by atoms with van der Waals surface area (Å²) in [6, 6.07) is 15.2. The molecule has 2 aromatic rings. The zero-order valence-electron chi connectivity index (χ0n) is 17.8. The zero-order chi connectivity index (χ0) is 21.8. The van der Waals surface area contributed by atoms with Crippen molar-refractivity contribution in [3.8, 4) is 11.1 Å². The predicted molar refractivity (Wildman–Crippen MR) is 117 cm³/mol. The highest BCUT2D eigenvalue weighted by atomic mass is 16.6. The Hall–Kier alpha value is -2.86. The van der Waals surface area contributed by atoms with Gasteiger partial charge < -0.3 is 14.6 Å². The summed E-state index contributed by atoms with van der Waals surface area (Å²) in [5, 5.41) is 9.73. The van der Waals surface area contributed by atoms with Crippen molar-refractivity contribution in [2.45, 2.75) is 50.7 Å². The van der Waals surface area contributed by atoms with Crippen molar-refractivity contribution in [3.05, 3.63) is 59.7 Å². The summed E-state index contributed by atoms with van der Waals surface area (Å²) >= 11 is 0. The summed E-state index contributed by atoms with van der Waals surface area (Å²) < 4.78 is 11.4. The molecule has 2 aliphatic rings. The molecule has 1 amide bonds. The summed E-state index contributed by atoms with van der Waals surface area (Å²) in [4.78, 5) is 26.2. The first-order chi connectivity index (χ1) is 15.1. The fourth-order valence-electron chi connectivity index (χ4n) is 4.35. The third-order valence-electron chi connectivity index (χ3n) is 6.24. The number of rotatable bonds is 9. The van der Waals surface area contributed by atoms with Crippen LogP contribution in [0.1, 0.15) is 49.7 Å². The first kappa shape index (κ1) is 21.4. The molecule has 0 spiro atoms. The quantitative estimate of drug-likeness (QED) is 0.634. The summed E-state index contributed by atoms with van der Waals surface area (Å²) in [5.41, 5.74) is 4.56. The van der Waals surface area contributed by atoms with Crippen LogP contribution in [0.3, 0.4) is 0 Å². The second-order valence-electron chi connectivity index (χ2n) is 8.24. The Morgan fingerprint density at radius 2 is 1.68 bits per heavy atom. The minimum absolute atomic E-state index is 0.00973. The number of carbonyl (C=O) groups excluding carboxylic acids is 1. The average Bonchev–Trinajstić information content (AvgIpc) is 3.06. The number of carbonyl (C=O) groups is 2. The topological polar surface area (TPSA) is 76.1 Å². The molecule has 1 N–H and O–H groups in total. The van der Waals surface area contributed by atoms with Crippen LogP contribution in [-0.2, 0) is 14.3 Å². The van der Waals surface area contributed by atoms with E-state index in [2.05, 4.69) is 24.3 Å². The summed E-state index contributed by atoms with van der Waals surface area (Å²) in [7, 11) is 0. The van der Waals surface area contributed by atoms with Crippen LogP contribution in [0, 0.1) is 0 Å². The number of benzene rings is 2. The normalized spacial score (nSPS) is 16.2. The number of ether oxygens (including phenoxy) is 2. The molecule has 1 atom stereocenters. The molecule has 2 aromatic carbocycles. The molecule has 31 heavy (non-hydrogen) atoms. The predicted octanol–water partition coefficient (Wildman–Crippen LogP) is 4.67. The lowest BCUT2D eigenvalue weighted by atomic mass is 9.96. The molecular weight excluding hydrogens is 394 g/mol. The Kier molecular flexibility index (Phi) is 6.56. The highest BCUT2D eigenvalue weighted by Crippen LogP contribution is 2.44. The molecule has 6 heteroatoms. The maximum absolute atomic E-state index is 13.0. The SMILES string of the molecule is CCCN(C(=O)OCC1c2ccccc2-c2ccccc21)C(COC1CCC1)C(=O)O. The van der Waals surface area contributed by atoms with Crippen molar-refractivity contribution in [2.24, 2.45) is 0 Å². The van der Waals surface area contributed by atoms with Crippen LogP contribution in [0.4, 0.5) is 4.79 Å². The van der Waals surface area contributed by atoms with Gasteiger partial charge >= 0.3 is 12.1 Å². The van der Waals surface area contributed by atoms with Crippen molar-refractivity contribution < 1.29 is 24.2 Å². The van der Waals surface area contributed by atoms with Gasteiger partial charge in [-0.05, 0) is 47.9 Å². The number of nitrogens with zero attached hydrogens (tertiary/aromatic N) is 1. The van der Waals surface area contributed by atoms with Gasteiger partial charge in [0.05, 0.1) is 12.7 Å². The number of carboxylic acid groups (broad SMARTS) is 1. The van der Waals surface area contributed by atoms with Gasteiger partial charge in [-0.15, -0.1) is 0 Å². The Morgan fingerprint density at radius 3 is 2.19 bits per heavy atom. The van der Waals surface area contributed by atoms with E-state index in [0.717, 1.165) is 41.5 Å². The molecule has 1 unspecified atom stereocenters. The van der Waals surface area contributed by atoms with Gasteiger partial charge in [-0.1, -0.05) is 55.5 Å². The van der Waals surface area contributed by atoms with Gasteiger partial charge in [0.25, 0.3) is 0 Å². The third kappa shape index (κ3) is 4.44. The Morgan fingerprint density at radius 1 is 1.06 bits per heavy atom. The van der Waals surface area contributed by atoms with Gasteiger partial charge in [-0.3, -0.25) is 4.90 Å². The average molecular weight is 424 g/mol. The highest BCUT2D eigenvalue weighted by Gasteiger charge is 2.34. The zero-order valence-corrected chi connectivity index (χ0v) is 17.8. The molecular formula is C25H29NO5. The molecule has 164 valence electrons. The summed E-state index contributed by atoms with van der Waals surface area (Å²) in [6.45, 7) is 2.38. The van der Waals surface area contributed by atoms with E-state index in [4.69, 9.17) is 9.47 Å². The van der Waals surface area contributed by atoms with Gasteiger partial charge in [-0.25, -0.2) is 9.59 Å². The van der Waals surface area contributed by atoms with Gasteiger partial charge in [0.2, 0.25) is 0 Å². The van der Waals surface area contributed by atoms with Crippen LogP contribution in [-0.4, -0.2) is 54.0 Å². The van der Waals surface area contributed by atoms with Crippen molar-refractivity contribution in [2.75, 3.05) is 19.8 Å². The molecule has 1 fully saturated rings. The lowest BCUT2D eigenvalue weighted by Gasteiger charge is -2.31. The van der Waals surface area contributed by atoms with E-state index in [-0.39, 0.29) is 25.2 Å². The van der Waals surface area contributed by atoms with Crippen molar-refractivity contribution in [1.29, 1.82) is 0 Å². The molecule has 0 bridgehead atoms. The summed E-state index contributed by atoms with van der Waals surface area (Å²) in [6.07, 6.45) is 3.14. The van der Waals surface area contributed by atoms with Crippen molar-refractivity contribution in [3.63, 3.8) is 0 Å². The van der Waals surface area contributed by atoms with E-state index < -0.39 is 18.1 Å². The smallest absolute Gasteiger partial charge is 0.410 e. The Labute approximate surface area is 182 Å². The molecule has 0 aliphatic heterocycles. The number of amides is 1. The van der Waals surface area contributed by atoms with E-state index in [0.29, 0.717) is 13.0 Å². The van der Waals surface area contributed by atoms with Gasteiger partial charge in [0.1, 0.15) is 6.61 Å². The maximum atomic E-state index is 13.0. The molecule has 0 heterocycles. The molecule has 1 saturated carbocycles.